The molecule has 0 bridgehead atoms. The third-order valence-corrected chi connectivity index (χ3v) is 4.70. The molecule has 0 aliphatic rings. The second kappa shape index (κ2) is 11.6. The van der Waals surface area contributed by atoms with E-state index in [1.165, 1.54) is 12.1 Å². The molecule has 0 heterocycles. The minimum atomic E-state index is -0.283. The zero-order valence-corrected chi connectivity index (χ0v) is 18.4. The first-order valence-electron chi connectivity index (χ1n) is 9.17. The van der Waals surface area contributed by atoms with E-state index >= 15 is 0 Å². The van der Waals surface area contributed by atoms with Crippen LogP contribution in [0.3, 0.4) is 0 Å². The number of methoxy groups -OCH3 is 2. The van der Waals surface area contributed by atoms with Crippen LogP contribution in [0.25, 0.3) is 0 Å². The van der Waals surface area contributed by atoms with Crippen molar-refractivity contribution in [2.75, 3.05) is 14.2 Å². The van der Waals surface area contributed by atoms with Crippen LogP contribution >= 0.6 is 24.0 Å². The summed E-state index contributed by atoms with van der Waals surface area (Å²) in [6.45, 7) is 1.53. The number of rotatable bonds is 9. The Labute approximate surface area is 187 Å². The summed E-state index contributed by atoms with van der Waals surface area (Å²) < 4.78 is 29.7. The lowest BCUT2D eigenvalue weighted by molar-refractivity contribution is 0.284. The highest BCUT2D eigenvalue weighted by atomic mass is 35.5. The van der Waals surface area contributed by atoms with Gasteiger partial charge in [0.2, 0.25) is 0 Å². The van der Waals surface area contributed by atoms with Gasteiger partial charge in [-0.15, -0.1) is 12.4 Å². The zero-order chi connectivity index (χ0) is 20.6. The fourth-order valence-corrected chi connectivity index (χ4v) is 3.23. The topological polar surface area (TPSA) is 39.7 Å². The summed E-state index contributed by atoms with van der Waals surface area (Å²) >= 11 is 6.44. The van der Waals surface area contributed by atoms with Gasteiger partial charge < -0.3 is 19.5 Å². The average Bonchev–Trinajstić information content (AvgIpc) is 2.74. The number of para-hydroxylation sites is 1. The lowest BCUT2D eigenvalue weighted by Crippen LogP contribution is -2.13. The molecule has 0 radical (unpaired) electrons. The molecule has 30 heavy (non-hydrogen) atoms. The molecule has 0 spiro atoms. The highest BCUT2D eigenvalue weighted by molar-refractivity contribution is 6.32. The molecule has 0 unspecified atom stereocenters. The molecule has 4 nitrogen and oxygen atoms in total. The van der Waals surface area contributed by atoms with E-state index in [4.69, 9.17) is 25.8 Å². The van der Waals surface area contributed by atoms with Gasteiger partial charge in [-0.1, -0.05) is 41.9 Å². The summed E-state index contributed by atoms with van der Waals surface area (Å²) in [4.78, 5) is 0. The molecule has 7 heteroatoms. The van der Waals surface area contributed by atoms with Crippen molar-refractivity contribution in [2.45, 2.75) is 19.7 Å². The molecule has 0 saturated carbocycles. The Morgan fingerprint density at radius 3 is 2.27 bits per heavy atom. The Balaban J connectivity index is 0.00000320. The summed E-state index contributed by atoms with van der Waals surface area (Å²) in [5, 5.41) is 3.84. The highest BCUT2D eigenvalue weighted by Crippen LogP contribution is 2.37. The Morgan fingerprint density at radius 2 is 1.57 bits per heavy atom. The average molecular weight is 452 g/mol. The first-order chi connectivity index (χ1) is 14.1. The van der Waals surface area contributed by atoms with Gasteiger partial charge in [0, 0.05) is 18.7 Å². The Bertz CT molecular complexity index is 952. The summed E-state index contributed by atoms with van der Waals surface area (Å²) in [7, 11) is 3.23. The van der Waals surface area contributed by atoms with Crippen molar-refractivity contribution >= 4 is 24.0 Å². The van der Waals surface area contributed by atoms with Crippen LogP contribution in [0.5, 0.6) is 17.2 Å². The monoisotopic (exact) mass is 451 g/mol. The summed E-state index contributed by atoms with van der Waals surface area (Å²) in [5.41, 5.74) is 2.88. The first kappa shape index (κ1) is 23.8. The van der Waals surface area contributed by atoms with Gasteiger partial charge in [-0.05, 0) is 41.5 Å². The van der Waals surface area contributed by atoms with E-state index in [1.807, 2.05) is 36.4 Å². The summed E-state index contributed by atoms with van der Waals surface area (Å²) in [6.07, 6.45) is 0. The number of benzene rings is 3. The van der Waals surface area contributed by atoms with Crippen molar-refractivity contribution in [3.8, 4) is 17.2 Å². The highest BCUT2D eigenvalue weighted by Gasteiger charge is 2.13. The van der Waals surface area contributed by atoms with Gasteiger partial charge in [-0.25, -0.2) is 4.39 Å². The minimum Gasteiger partial charge on any atom is -0.496 e. The fraction of sp³-hybridized carbons (Fsp3) is 0.217. The number of halogens is 3. The van der Waals surface area contributed by atoms with Crippen molar-refractivity contribution in [2.24, 2.45) is 0 Å². The predicted molar refractivity (Wildman–Crippen MR) is 120 cm³/mol. The molecule has 0 aliphatic carbocycles. The van der Waals surface area contributed by atoms with E-state index < -0.39 is 0 Å². The standard InChI is InChI=1S/C23H23ClFNO3.ClH/c1-27-21-6-4-3-5-18(21)14-26-13-17-11-20(24)23(22(12-17)28-2)29-15-16-7-9-19(25)10-8-16;/h3-12,26H,13-15H2,1-2H3;1H. The molecule has 3 aromatic carbocycles. The van der Waals surface area contributed by atoms with Gasteiger partial charge in [0.05, 0.1) is 19.2 Å². The molecule has 3 rings (SSSR count). The fourth-order valence-electron chi connectivity index (χ4n) is 2.94. The predicted octanol–water partition coefficient (Wildman–Crippen LogP) is 5.79. The molecule has 0 fully saturated rings. The van der Waals surface area contributed by atoms with Gasteiger partial charge in [0.15, 0.2) is 11.5 Å². The summed E-state index contributed by atoms with van der Waals surface area (Å²) in [5.74, 6) is 1.58. The summed E-state index contributed by atoms with van der Waals surface area (Å²) in [6, 6.07) is 17.8. The number of ether oxygens (including phenoxy) is 3. The smallest absolute Gasteiger partial charge is 0.180 e. The first-order valence-corrected chi connectivity index (χ1v) is 9.54. The van der Waals surface area contributed by atoms with Crippen LogP contribution in [0.15, 0.2) is 60.7 Å². The van der Waals surface area contributed by atoms with Crippen LogP contribution in [-0.4, -0.2) is 14.2 Å². The van der Waals surface area contributed by atoms with Crippen LogP contribution in [-0.2, 0) is 19.7 Å². The van der Waals surface area contributed by atoms with Crippen LogP contribution in [0.2, 0.25) is 5.02 Å². The zero-order valence-electron chi connectivity index (χ0n) is 16.8. The number of hydrogen-bond donors (Lipinski definition) is 1. The van der Waals surface area contributed by atoms with Gasteiger partial charge in [-0.2, -0.15) is 0 Å². The van der Waals surface area contributed by atoms with Crippen LogP contribution < -0.4 is 19.5 Å². The molecule has 0 aliphatic heterocycles. The van der Waals surface area contributed by atoms with E-state index in [0.717, 1.165) is 22.4 Å². The van der Waals surface area contributed by atoms with Crippen molar-refractivity contribution in [3.05, 3.63) is 88.2 Å². The van der Waals surface area contributed by atoms with E-state index in [2.05, 4.69) is 5.32 Å². The maximum Gasteiger partial charge on any atom is 0.180 e. The SMILES string of the molecule is COc1ccccc1CNCc1cc(Cl)c(OCc2ccc(F)cc2)c(OC)c1.Cl. The maximum absolute atomic E-state index is 13.0. The van der Waals surface area contributed by atoms with Gasteiger partial charge in [0.1, 0.15) is 18.2 Å². The largest absolute Gasteiger partial charge is 0.496 e. The second-order valence-electron chi connectivity index (χ2n) is 6.44. The molecule has 0 aromatic heterocycles. The second-order valence-corrected chi connectivity index (χ2v) is 6.85. The van der Waals surface area contributed by atoms with Gasteiger partial charge in [0.25, 0.3) is 0 Å². The van der Waals surface area contributed by atoms with Gasteiger partial charge in [-0.3, -0.25) is 0 Å². The van der Waals surface area contributed by atoms with Crippen LogP contribution in [0.1, 0.15) is 16.7 Å². The van der Waals surface area contributed by atoms with Crippen molar-refractivity contribution < 1.29 is 18.6 Å². The molecule has 0 atom stereocenters. The minimum absolute atomic E-state index is 0. The normalized spacial score (nSPS) is 10.3. The molecule has 0 saturated heterocycles. The van der Waals surface area contributed by atoms with Gasteiger partial charge >= 0.3 is 0 Å². The lowest BCUT2D eigenvalue weighted by atomic mass is 10.1. The van der Waals surface area contributed by atoms with Crippen molar-refractivity contribution in [3.63, 3.8) is 0 Å². The van der Waals surface area contributed by atoms with E-state index in [-0.39, 0.29) is 24.8 Å². The van der Waals surface area contributed by atoms with Crippen molar-refractivity contribution in [1.29, 1.82) is 0 Å². The van der Waals surface area contributed by atoms with E-state index in [1.54, 1.807) is 26.4 Å². The number of hydrogen-bond acceptors (Lipinski definition) is 4. The Kier molecular flexibility index (Phi) is 9.24. The third kappa shape index (κ3) is 6.26. The van der Waals surface area contributed by atoms with Crippen molar-refractivity contribution in [1.82, 2.24) is 5.32 Å². The number of nitrogens with one attached hydrogen (secondary N) is 1. The molecule has 3 aromatic rings. The van der Waals surface area contributed by atoms with E-state index in [9.17, 15) is 4.39 Å². The Morgan fingerprint density at radius 1 is 0.867 bits per heavy atom. The Hall–Kier alpha value is -2.47. The molecule has 0 amide bonds. The molecular formula is C23H24Cl2FNO3. The van der Waals surface area contributed by atoms with E-state index in [0.29, 0.717) is 29.6 Å². The third-order valence-electron chi connectivity index (χ3n) is 4.42. The molecular weight excluding hydrogens is 428 g/mol. The van der Waals surface area contributed by atoms with Crippen LogP contribution in [0, 0.1) is 5.82 Å². The quantitative estimate of drug-likeness (QED) is 0.447. The molecule has 1 N–H and O–H groups in total. The molecule has 160 valence electrons. The maximum atomic E-state index is 13.0. The lowest BCUT2D eigenvalue weighted by Gasteiger charge is -2.15. The van der Waals surface area contributed by atoms with Crippen LogP contribution in [0.4, 0.5) is 4.39 Å².